The maximum Gasteiger partial charge on any atom is 0.262 e. The molecule has 3 amide bonds. The van der Waals surface area contributed by atoms with Gasteiger partial charge in [0.1, 0.15) is 6.04 Å². The van der Waals surface area contributed by atoms with E-state index in [1.54, 1.807) is 55.6 Å². The highest BCUT2D eigenvalue weighted by molar-refractivity contribution is 6.23. The molecule has 1 aromatic heterocycles. The molecule has 0 bridgehead atoms. The lowest BCUT2D eigenvalue weighted by Crippen LogP contribution is -2.45. The predicted octanol–water partition coefficient (Wildman–Crippen LogP) is 2.86. The van der Waals surface area contributed by atoms with E-state index in [0.29, 0.717) is 16.8 Å². The molecule has 1 atom stereocenters. The highest BCUT2D eigenvalue weighted by Crippen LogP contribution is 2.26. The molecule has 0 aliphatic carbocycles. The van der Waals surface area contributed by atoms with Gasteiger partial charge in [0.15, 0.2) is 0 Å². The first kappa shape index (κ1) is 16.0. The molecule has 4 rings (SSSR count). The summed E-state index contributed by atoms with van der Waals surface area (Å²) < 4.78 is 0. The lowest BCUT2D eigenvalue weighted by molar-refractivity contribution is -0.119. The Hall–Kier alpha value is -3.54. The third-order valence-corrected chi connectivity index (χ3v) is 4.50. The molecule has 26 heavy (non-hydrogen) atoms. The molecule has 6 nitrogen and oxygen atoms in total. The molecule has 2 aromatic carbocycles. The smallest absolute Gasteiger partial charge is 0.262 e. The van der Waals surface area contributed by atoms with E-state index in [1.807, 2.05) is 12.1 Å². The molecule has 0 saturated carbocycles. The number of hydrogen-bond donors (Lipinski definition) is 1. The standard InChI is InChI=1S/C20H15N3O3/c1-12(23-19(25)13-6-2-3-7-14(13)20(23)26)18(24)22-17-10-4-9-16-15(17)8-5-11-21-16/h2-12H,1H3,(H,22,24). The molecule has 1 N–H and O–H groups in total. The normalized spacial score (nSPS) is 14.4. The number of carbonyl (C=O) groups is 3. The van der Waals surface area contributed by atoms with Crippen molar-refractivity contribution in [2.45, 2.75) is 13.0 Å². The van der Waals surface area contributed by atoms with E-state index in [-0.39, 0.29) is 0 Å². The number of benzene rings is 2. The van der Waals surface area contributed by atoms with Crippen LogP contribution in [0.15, 0.2) is 60.8 Å². The van der Waals surface area contributed by atoms with Gasteiger partial charge in [-0.05, 0) is 43.3 Å². The van der Waals surface area contributed by atoms with Gasteiger partial charge in [0.2, 0.25) is 5.91 Å². The van der Waals surface area contributed by atoms with Crippen molar-refractivity contribution in [3.05, 3.63) is 71.9 Å². The minimum atomic E-state index is -0.936. The van der Waals surface area contributed by atoms with E-state index in [2.05, 4.69) is 10.3 Å². The summed E-state index contributed by atoms with van der Waals surface area (Å²) in [6.07, 6.45) is 1.68. The second-order valence-electron chi connectivity index (χ2n) is 6.07. The number of carbonyl (C=O) groups excluding carboxylic acids is 3. The molecule has 1 aliphatic heterocycles. The lowest BCUT2D eigenvalue weighted by Gasteiger charge is -2.22. The van der Waals surface area contributed by atoms with Gasteiger partial charge in [-0.15, -0.1) is 0 Å². The number of rotatable bonds is 3. The zero-order valence-corrected chi connectivity index (χ0v) is 14.0. The topological polar surface area (TPSA) is 79.4 Å². The summed E-state index contributed by atoms with van der Waals surface area (Å²) in [5, 5.41) is 3.59. The van der Waals surface area contributed by atoms with E-state index >= 15 is 0 Å². The molecule has 1 aliphatic rings. The van der Waals surface area contributed by atoms with E-state index < -0.39 is 23.8 Å². The monoisotopic (exact) mass is 345 g/mol. The molecule has 1 unspecified atom stereocenters. The van der Waals surface area contributed by atoms with Crippen LogP contribution in [0, 0.1) is 0 Å². The van der Waals surface area contributed by atoms with Crippen molar-refractivity contribution < 1.29 is 14.4 Å². The van der Waals surface area contributed by atoms with Crippen molar-refractivity contribution in [2.75, 3.05) is 5.32 Å². The fourth-order valence-corrected chi connectivity index (χ4v) is 3.13. The molecule has 6 heteroatoms. The van der Waals surface area contributed by atoms with Crippen LogP contribution in [0.5, 0.6) is 0 Å². The van der Waals surface area contributed by atoms with Crippen LogP contribution in [0.25, 0.3) is 10.9 Å². The number of pyridine rings is 1. The molecule has 128 valence electrons. The first-order valence-electron chi connectivity index (χ1n) is 8.19. The van der Waals surface area contributed by atoms with Crippen molar-refractivity contribution in [1.82, 2.24) is 9.88 Å². The molecule has 0 saturated heterocycles. The van der Waals surface area contributed by atoms with Crippen molar-refractivity contribution in [3.8, 4) is 0 Å². The molecule has 0 spiro atoms. The fourth-order valence-electron chi connectivity index (χ4n) is 3.13. The summed E-state index contributed by atoms with van der Waals surface area (Å²) in [6.45, 7) is 1.54. The number of hydrogen-bond acceptors (Lipinski definition) is 4. The predicted molar refractivity (Wildman–Crippen MR) is 96.8 cm³/mol. The van der Waals surface area contributed by atoms with Crippen LogP contribution in [0.1, 0.15) is 27.6 Å². The van der Waals surface area contributed by atoms with Gasteiger partial charge in [0, 0.05) is 11.6 Å². The van der Waals surface area contributed by atoms with Gasteiger partial charge in [0.25, 0.3) is 11.8 Å². The van der Waals surface area contributed by atoms with Crippen LogP contribution in [0.4, 0.5) is 5.69 Å². The van der Waals surface area contributed by atoms with E-state index in [1.165, 1.54) is 0 Å². The van der Waals surface area contributed by atoms with E-state index in [4.69, 9.17) is 0 Å². The van der Waals surface area contributed by atoms with Crippen molar-refractivity contribution >= 4 is 34.3 Å². The minimum Gasteiger partial charge on any atom is -0.324 e. The Labute approximate surface area is 149 Å². The summed E-state index contributed by atoms with van der Waals surface area (Å²) >= 11 is 0. The maximum absolute atomic E-state index is 12.7. The average Bonchev–Trinajstić information content (AvgIpc) is 2.92. The SMILES string of the molecule is CC(C(=O)Nc1cccc2ncccc12)N1C(=O)c2ccccc2C1=O. The van der Waals surface area contributed by atoms with Crippen molar-refractivity contribution in [2.24, 2.45) is 0 Å². The van der Waals surface area contributed by atoms with E-state index in [0.717, 1.165) is 15.8 Å². The van der Waals surface area contributed by atoms with Crippen LogP contribution < -0.4 is 5.32 Å². The molecule has 3 aromatic rings. The van der Waals surface area contributed by atoms with Crippen LogP contribution in [-0.2, 0) is 4.79 Å². The Balaban J connectivity index is 1.61. The Morgan fingerprint density at radius 3 is 2.35 bits per heavy atom. The highest BCUT2D eigenvalue weighted by atomic mass is 16.2. The van der Waals surface area contributed by atoms with Gasteiger partial charge >= 0.3 is 0 Å². The summed E-state index contributed by atoms with van der Waals surface area (Å²) in [7, 11) is 0. The number of fused-ring (bicyclic) bond motifs is 2. The number of nitrogens with zero attached hydrogens (tertiary/aromatic N) is 2. The number of amides is 3. The summed E-state index contributed by atoms with van der Waals surface area (Å²) in [6, 6.07) is 14.7. The number of aromatic nitrogens is 1. The molecule has 0 fully saturated rings. The first-order valence-corrected chi connectivity index (χ1v) is 8.19. The Bertz CT molecular complexity index is 1020. The van der Waals surface area contributed by atoms with Gasteiger partial charge in [-0.1, -0.05) is 18.2 Å². The van der Waals surface area contributed by atoms with Gasteiger partial charge in [-0.3, -0.25) is 24.3 Å². The molecular weight excluding hydrogens is 330 g/mol. The minimum absolute atomic E-state index is 0.325. The first-order chi connectivity index (χ1) is 12.6. The Morgan fingerprint density at radius 2 is 1.65 bits per heavy atom. The zero-order chi connectivity index (χ0) is 18.3. The summed E-state index contributed by atoms with van der Waals surface area (Å²) in [5.41, 5.74) is 1.99. The van der Waals surface area contributed by atoms with Gasteiger partial charge in [-0.25, -0.2) is 0 Å². The highest BCUT2D eigenvalue weighted by Gasteiger charge is 2.40. The number of imide groups is 1. The zero-order valence-electron chi connectivity index (χ0n) is 14.0. The summed E-state index contributed by atoms with van der Waals surface area (Å²) in [4.78, 5) is 43.0. The second kappa shape index (κ2) is 6.07. The van der Waals surface area contributed by atoms with Crippen LogP contribution in [0.2, 0.25) is 0 Å². The van der Waals surface area contributed by atoms with Gasteiger partial charge < -0.3 is 5.32 Å². The van der Waals surface area contributed by atoms with Gasteiger partial charge in [0.05, 0.1) is 22.3 Å². The van der Waals surface area contributed by atoms with Crippen LogP contribution in [0.3, 0.4) is 0 Å². The van der Waals surface area contributed by atoms with Crippen LogP contribution >= 0.6 is 0 Å². The fraction of sp³-hybridized carbons (Fsp3) is 0.100. The Morgan fingerprint density at radius 1 is 0.962 bits per heavy atom. The Kier molecular flexibility index (Phi) is 3.73. The molecular formula is C20H15N3O3. The van der Waals surface area contributed by atoms with Crippen LogP contribution in [-0.4, -0.2) is 33.6 Å². The quantitative estimate of drug-likeness (QED) is 0.740. The third kappa shape index (κ3) is 2.43. The van der Waals surface area contributed by atoms with Crippen molar-refractivity contribution in [3.63, 3.8) is 0 Å². The van der Waals surface area contributed by atoms with Gasteiger partial charge in [-0.2, -0.15) is 0 Å². The molecule has 0 radical (unpaired) electrons. The van der Waals surface area contributed by atoms with E-state index in [9.17, 15) is 14.4 Å². The third-order valence-electron chi connectivity index (χ3n) is 4.50. The average molecular weight is 345 g/mol. The lowest BCUT2D eigenvalue weighted by atomic mass is 10.1. The second-order valence-corrected chi connectivity index (χ2v) is 6.07. The van der Waals surface area contributed by atoms with Crippen molar-refractivity contribution in [1.29, 1.82) is 0 Å². The largest absolute Gasteiger partial charge is 0.324 e. The number of nitrogens with one attached hydrogen (secondary N) is 1. The summed E-state index contributed by atoms with van der Waals surface area (Å²) in [5.74, 6) is -1.34. The maximum atomic E-state index is 12.7. The molecule has 2 heterocycles. The number of anilines is 1.